The van der Waals surface area contributed by atoms with Crippen LogP contribution in [-0.4, -0.2) is 125 Å². The maximum atomic E-state index is 13.9. The quantitative estimate of drug-likeness (QED) is 0.122. The molecule has 8 rings (SSSR count). The molecule has 4 amide bonds. The predicted molar refractivity (Wildman–Crippen MR) is 270 cm³/mol. The number of benzene rings is 4. The number of carbonyl (C=O) groups excluding carboxylic acids is 4. The zero-order chi connectivity index (χ0) is 50.2. The van der Waals surface area contributed by atoms with Crippen LogP contribution in [0.25, 0.3) is 0 Å². The van der Waals surface area contributed by atoms with Crippen LogP contribution in [0.1, 0.15) is 51.2 Å². The smallest absolute Gasteiger partial charge is 0.256 e. The molecule has 2 N–H and O–H groups in total. The van der Waals surface area contributed by atoms with Crippen LogP contribution >= 0.6 is 45.9 Å². The summed E-state index contributed by atoms with van der Waals surface area (Å²) in [6.45, 7) is 2.07. The maximum Gasteiger partial charge on any atom is 0.256 e. The molecule has 0 bridgehead atoms. The van der Waals surface area contributed by atoms with Gasteiger partial charge in [0.2, 0.25) is 0 Å². The normalized spacial score (nSPS) is 14.6. The lowest BCUT2D eigenvalue weighted by molar-refractivity contribution is 0.0689. The topological polar surface area (TPSA) is 177 Å². The Bertz CT molecular complexity index is 3050. The van der Waals surface area contributed by atoms with Gasteiger partial charge in [0.15, 0.2) is 0 Å². The second-order valence-electron chi connectivity index (χ2n) is 16.1. The highest BCUT2D eigenvalue weighted by Gasteiger charge is 2.33. The van der Waals surface area contributed by atoms with Crippen molar-refractivity contribution < 1.29 is 40.4 Å². The Hall–Kier alpha value is -5.71. The fraction of sp³-hybridized carbons (Fsp3) is 0.250. The van der Waals surface area contributed by atoms with Crippen molar-refractivity contribution in [3.63, 3.8) is 0 Å². The standard InChI is InChI=1S/C25H27ClN4O4S2.C23H21ClFN3O4S2/c1-28(2)21-9-5-19(6-10-21)25(32)29-13-15-30(16-14-29)36(33,34)23-12-11-22(35-23)17-27-24(31)18-3-7-20(26)8-4-18;24-17-7-5-16(6-8-17)22(29)26-15-18-9-10-21(33-18)34(31,32)28-13-11-27(12-14-28)23(30)19-3-1-2-4-20(19)25/h3-12H,13-17H2,1-2H3,(H,27,31);1-10H,11-15H2,(H,26,29). The Balaban J connectivity index is 0.000000207. The molecule has 70 heavy (non-hydrogen) atoms. The lowest BCUT2D eigenvalue weighted by Crippen LogP contribution is -2.50. The first-order valence-corrected chi connectivity index (χ1v) is 27.0. The van der Waals surface area contributed by atoms with Crippen molar-refractivity contribution >= 4 is 95.2 Å². The Kier molecular flexibility index (Phi) is 17.1. The summed E-state index contributed by atoms with van der Waals surface area (Å²) < 4.78 is 69.5. The van der Waals surface area contributed by atoms with E-state index in [2.05, 4.69) is 10.6 Å². The summed E-state index contributed by atoms with van der Waals surface area (Å²) in [4.78, 5) is 56.5. The molecular weight excluding hydrogens is 1020 g/mol. The number of anilines is 1. The highest BCUT2D eigenvalue weighted by Crippen LogP contribution is 2.28. The van der Waals surface area contributed by atoms with E-state index in [1.165, 1.54) is 37.8 Å². The molecule has 4 heterocycles. The molecule has 0 saturated carbocycles. The predicted octanol–water partition coefficient (Wildman–Crippen LogP) is 7.16. The van der Waals surface area contributed by atoms with Gasteiger partial charge in [-0.1, -0.05) is 35.3 Å². The molecule has 2 fully saturated rings. The summed E-state index contributed by atoms with van der Waals surface area (Å²) in [7, 11) is -3.56. The van der Waals surface area contributed by atoms with E-state index in [-0.39, 0.29) is 84.1 Å². The van der Waals surface area contributed by atoms with E-state index < -0.39 is 31.8 Å². The van der Waals surface area contributed by atoms with Gasteiger partial charge in [-0.15, -0.1) is 22.7 Å². The highest BCUT2D eigenvalue weighted by atomic mass is 35.5. The number of rotatable bonds is 13. The summed E-state index contributed by atoms with van der Waals surface area (Å²) >= 11 is 13.9. The Labute approximate surface area is 424 Å². The molecule has 0 aliphatic carbocycles. The molecule has 0 spiro atoms. The number of carbonyl (C=O) groups is 4. The van der Waals surface area contributed by atoms with Crippen molar-refractivity contribution in [1.82, 2.24) is 29.0 Å². The fourth-order valence-corrected chi connectivity index (χ4v) is 13.3. The molecule has 2 aliphatic heterocycles. The molecule has 15 nitrogen and oxygen atoms in total. The molecular formula is C48H48Cl2FN7O8S4. The van der Waals surface area contributed by atoms with Crippen LogP contribution in [0.15, 0.2) is 130 Å². The number of nitrogens with zero attached hydrogens (tertiary/aromatic N) is 5. The second kappa shape index (κ2) is 23.0. The Morgan fingerprint density at radius 1 is 0.543 bits per heavy atom. The lowest BCUT2D eigenvalue weighted by atomic mass is 10.1. The average Bonchev–Trinajstić information content (AvgIpc) is 4.07. The maximum absolute atomic E-state index is 13.9. The zero-order valence-electron chi connectivity index (χ0n) is 37.9. The molecule has 2 saturated heterocycles. The van der Waals surface area contributed by atoms with Crippen LogP contribution in [-0.2, 0) is 33.1 Å². The first kappa shape index (κ1) is 52.1. The number of nitrogens with one attached hydrogen (secondary N) is 2. The highest BCUT2D eigenvalue weighted by molar-refractivity contribution is 7.91. The van der Waals surface area contributed by atoms with Crippen LogP contribution in [0.5, 0.6) is 0 Å². The van der Waals surface area contributed by atoms with Crippen molar-refractivity contribution in [3.05, 3.63) is 169 Å². The fourth-order valence-electron chi connectivity index (χ4n) is 7.33. The van der Waals surface area contributed by atoms with E-state index in [0.29, 0.717) is 44.7 Å². The van der Waals surface area contributed by atoms with Gasteiger partial charge in [-0.2, -0.15) is 8.61 Å². The number of sulfonamides is 2. The summed E-state index contributed by atoms with van der Waals surface area (Å²) in [5.74, 6) is -1.71. The van der Waals surface area contributed by atoms with Gasteiger partial charge in [-0.25, -0.2) is 21.2 Å². The SMILES string of the molecule is CN(C)c1ccc(C(=O)N2CCN(S(=O)(=O)c3ccc(CNC(=O)c4ccc(Cl)cc4)s3)CC2)cc1.O=C(NCc1ccc(S(=O)(=O)N2CCN(C(=O)c3ccccc3F)CC2)s1)c1ccc(Cl)cc1. The van der Waals surface area contributed by atoms with E-state index in [1.807, 2.05) is 31.1 Å². The monoisotopic (exact) mass is 1070 g/mol. The third-order valence-corrected chi connectivity index (χ3v) is 18.7. The third-order valence-electron chi connectivity index (χ3n) is 11.3. The van der Waals surface area contributed by atoms with E-state index >= 15 is 0 Å². The van der Waals surface area contributed by atoms with Crippen LogP contribution in [0, 0.1) is 5.82 Å². The van der Waals surface area contributed by atoms with Gasteiger partial charge in [0.25, 0.3) is 43.7 Å². The van der Waals surface area contributed by atoms with Crippen molar-refractivity contribution in [2.45, 2.75) is 21.5 Å². The van der Waals surface area contributed by atoms with Gasteiger partial charge in [-0.05, 0) is 109 Å². The van der Waals surface area contributed by atoms with Gasteiger partial charge in [-0.3, -0.25) is 19.2 Å². The van der Waals surface area contributed by atoms with Crippen molar-refractivity contribution in [3.8, 4) is 0 Å². The van der Waals surface area contributed by atoms with E-state index in [4.69, 9.17) is 23.2 Å². The van der Waals surface area contributed by atoms with E-state index in [1.54, 1.807) is 89.8 Å². The van der Waals surface area contributed by atoms with Gasteiger partial charge in [0, 0.05) is 109 Å². The molecule has 368 valence electrons. The minimum atomic E-state index is -3.75. The van der Waals surface area contributed by atoms with Crippen LogP contribution in [0.2, 0.25) is 10.0 Å². The minimum Gasteiger partial charge on any atom is -0.378 e. The Morgan fingerprint density at radius 2 is 0.943 bits per heavy atom. The van der Waals surface area contributed by atoms with Crippen LogP contribution in [0.3, 0.4) is 0 Å². The molecule has 2 aromatic heterocycles. The van der Waals surface area contributed by atoms with E-state index in [9.17, 15) is 40.4 Å². The number of halogens is 3. The number of amides is 4. The van der Waals surface area contributed by atoms with Gasteiger partial charge in [0.1, 0.15) is 14.2 Å². The van der Waals surface area contributed by atoms with E-state index in [0.717, 1.165) is 33.2 Å². The molecule has 6 aromatic rings. The first-order valence-electron chi connectivity index (χ1n) is 21.8. The van der Waals surface area contributed by atoms with Crippen LogP contribution in [0.4, 0.5) is 10.1 Å². The molecule has 22 heteroatoms. The van der Waals surface area contributed by atoms with Gasteiger partial charge < -0.3 is 25.3 Å². The van der Waals surface area contributed by atoms with Crippen LogP contribution < -0.4 is 15.5 Å². The summed E-state index contributed by atoms with van der Waals surface area (Å²) in [5.41, 5.74) is 2.49. The Morgan fingerprint density at radius 3 is 1.36 bits per heavy atom. The number of thiophene rings is 2. The number of hydrogen-bond acceptors (Lipinski definition) is 11. The first-order chi connectivity index (χ1) is 33.4. The summed E-state index contributed by atoms with van der Waals surface area (Å²) in [6.07, 6.45) is 0. The van der Waals surface area contributed by atoms with Crippen molar-refractivity contribution in [2.24, 2.45) is 0 Å². The average molecular weight is 1070 g/mol. The number of hydrogen-bond donors (Lipinski definition) is 2. The zero-order valence-corrected chi connectivity index (χ0v) is 42.7. The second-order valence-corrected chi connectivity index (χ2v) is 23.7. The lowest BCUT2D eigenvalue weighted by Gasteiger charge is -2.33. The third kappa shape index (κ3) is 12.8. The summed E-state index contributed by atoms with van der Waals surface area (Å²) in [5, 5.41) is 6.63. The molecule has 0 unspecified atom stereocenters. The molecule has 2 aliphatic rings. The molecule has 0 radical (unpaired) electrons. The number of piperazine rings is 2. The van der Waals surface area contributed by atoms with Gasteiger partial charge in [0.05, 0.1) is 18.7 Å². The summed E-state index contributed by atoms with van der Waals surface area (Å²) in [6, 6.07) is 32.5. The molecule has 0 atom stereocenters. The molecule has 4 aromatic carbocycles. The minimum absolute atomic E-state index is 0.0256. The van der Waals surface area contributed by atoms with Gasteiger partial charge >= 0.3 is 0 Å². The largest absolute Gasteiger partial charge is 0.378 e. The van der Waals surface area contributed by atoms with Crippen molar-refractivity contribution in [1.29, 1.82) is 0 Å². The van der Waals surface area contributed by atoms with Crippen molar-refractivity contribution in [2.75, 3.05) is 71.4 Å².